The van der Waals surface area contributed by atoms with Gasteiger partial charge in [0.15, 0.2) is 11.2 Å². The van der Waals surface area contributed by atoms with E-state index in [1.807, 2.05) is 0 Å². The van der Waals surface area contributed by atoms with Gasteiger partial charge in [0.1, 0.15) is 12.2 Å². The molecule has 2 aromatic rings. The first-order valence-electron chi connectivity index (χ1n) is 7.13. The number of hydrogen-bond acceptors (Lipinski definition) is 4. The van der Waals surface area contributed by atoms with Gasteiger partial charge in [0, 0.05) is 6.54 Å². The molecule has 2 aromatic heterocycles. The van der Waals surface area contributed by atoms with Crippen LogP contribution >= 0.6 is 11.6 Å². The number of rotatable bonds is 4. The Labute approximate surface area is 123 Å². The zero-order valence-electron chi connectivity index (χ0n) is 11.7. The van der Waals surface area contributed by atoms with Crippen molar-refractivity contribution < 1.29 is 4.74 Å². The summed E-state index contributed by atoms with van der Waals surface area (Å²) in [5.74, 6) is 2.45. The third-order valence-electron chi connectivity index (χ3n) is 4.06. The number of fused-ring (bicyclic) bond motifs is 1. The Kier molecular flexibility index (Phi) is 4.05. The summed E-state index contributed by atoms with van der Waals surface area (Å²) in [6.45, 7) is 0.943. The summed E-state index contributed by atoms with van der Waals surface area (Å²) in [6, 6.07) is 0. The lowest BCUT2D eigenvalue weighted by atomic mass is 9.89. The van der Waals surface area contributed by atoms with E-state index in [1.54, 1.807) is 7.11 Å². The van der Waals surface area contributed by atoms with E-state index in [0.717, 1.165) is 18.0 Å². The first kappa shape index (κ1) is 13.6. The van der Waals surface area contributed by atoms with Crippen LogP contribution < -0.4 is 4.74 Å². The molecule has 6 heteroatoms. The number of imidazole rings is 1. The maximum Gasteiger partial charge on any atom is 0.245 e. The topological polar surface area (TPSA) is 52.8 Å². The van der Waals surface area contributed by atoms with Crippen molar-refractivity contribution in [3.63, 3.8) is 0 Å². The van der Waals surface area contributed by atoms with Gasteiger partial charge >= 0.3 is 0 Å². The lowest BCUT2D eigenvalue weighted by Crippen LogP contribution is -2.16. The molecular weight excluding hydrogens is 276 g/mol. The highest BCUT2D eigenvalue weighted by molar-refractivity contribution is 6.16. The summed E-state index contributed by atoms with van der Waals surface area (Å²) in [5, 5.41) is 0. The van der Waals surface area contributed by atoms with Crippen LogP contribution in [0.1, 0.15) is 37.9 Å². The van der Waals surface area contributed by atoms with Crippen molar-refractivity contribution in [3.8, 4) is 5.88 Å². The van der Waals surface area contributed by atoms with Crippen LogP contribution in [0.5, 0.6) is 5.88 Å². The average Bonchev–Trinajstić information content (AvgIpc) is 2.86. The normalized spacial score (nSPS) is 16.7. The number of nitrogens with zero attached hydrogens (tertiary/aromatic N) is 4. The summed E-state index contributed by atoms with van der Waals surface area (Å²) in [7, 11) is 1.60. The molecule has 0 radical (unpaired) electrons. The lowest BCUT2D eigenvalue weighted by molar-refractivity contribution is 0.319. The van der Waals surface area contributed by atoms with Gasteiger partial charge in [-0.05, 0) is 18.8 Å². The molecular formula is C14H19ClN4O. The van der Waals surface area contributed by atoms with Crippen molar-refractivity contribution in [2.75, 3.05) is 7.11 Å². The van der Waals surface area contributed by atoms with Gasteiger partial charge in [-0.1, -0.05) is 19.3 Å². The van der Waals surface area contributed by atoms with E-state index in [2.05, 4.69) is 19.5 Å². The predicted octanol–water partition coefficient (Wildman–Crippen LogP) is 3.15. The molecule has 1 saturated carbocycles. The molecule has 0 bridgehead atoms. The van der Waals surface area contributed by atoms with E-state index in [-0.39, 0.29) is 0 Å². The highest BCUT2D eigenvalue weighted by atomic mass is 35.5. The third kappa shape index (κ3) is 2.46. The van der Waals surface area contributed by atoms with E-state index in [4.69, 9.17) is 16.3 Å². The third-order valence-corrected chi connectivity index (χ3v) is 4.29. The van der Waals surface area contributed by atoms with Gasteiger partial charge in [-0.2, -0.15) is 4.98 Å². The second kappa shape index (κ2) is 5.95. The van der Waals surface area contributed by atoms with Crippen LogP contribution in [0.3, 0.4) is 0 Å². The molecule has 1 aliphatic rings. The van der Waals surface area contributed by atoms with Crippen LogP contribution in [-0.2, 0) is 12.4 Å². The number of alkyl halides is 1. The fourth-order valence-corrected chi connectivity index (χ4v) is 3.24. The van der Waals surface area contributed by atoms with Crippen LogP contribution in [0.2, 0.25) is 0 Å². The molecule has 1 aliphatic carbocycles. The maximum atomic E-state index is 6.04. The molecule has 108 valence electrons. The Morgan fingerprint density at radius 3 is 2.80 bits per heavy atom. The number of methoxy groups -OCH3 is 1. The monoisotopic (exact) mass is 294 g/mol. The zero-order valence-corrected chi connectivity index (χ0v) is 12.4. The largest absolute Gasteiger partial charge is 0.479 e. The van der Waals surface area contributed by atoms with Crippen molar-refractivity contribution in [1.82, 2.24) is 19.5 Å². The van der Waals surface area contributed by atoms with Gasteiger partial charge in [-0.3, -0.25) is 0 Å². The first-order valence-corrected chi connectivity index (χ1v) is 7.67. The van der Waals surface area contributed by atoms with Crippen molar-refractivity contribution in [3.05, 3.63) is 12.2 Å². The minimum atomic E-state index is 0.381. The van der Waals surface area contributed by atoms with E-state index >= 15 is 0 Å². The molecule has 0 spiro atoms. The number of hydrogen-bond donors (Lipinski definition) is 0. The summed E-state index contributed by atoms with van der Waals surface area (Å²) in [4.78, 5) is 13.0. The maximum absolute atomic E-state index is 6.04. The molecule has 0 amide bonds. The molecule has 0 unspecified atom stereocenters. The summed E-state index contributed by atoms with van der Waals surface area (Å²) in [6.07, 6.45) is 8.10. The number of ether oxygens (including phenoxy) is 1. The Balaban J connectivity index is 1.99. The minimum absolute atomic E-state index is 0.381. The SMILES string of the molecule is COc1ncnc2c1nc(CCl)n2CC1CCCCC1. The quantitative estimate of drug-likeness (QED) is 0.813. The summed E-state index contributed by atoms with van der Waals surface area (Å²) < 4.78 is 7.40. The second-order valence-electron chi connectivity index (χ2n) is 5.33. The van der Waals surface area contributed by atoms with Gasteiger partial charge in [-0.15, -0.1) is 11.6 Å². The molecule has 0 saturated heterocycles. The smallest absolute Gasteiger partial charge is 0.245 e. The molecule has 5 nitrogen and oxygen atoms in total. The van der Waals surface area contributed by atoms with Gasteiger partial charge in [0.05, 0.1) is 13.0 Å². The van der Waals surface area contributed by atoms with Crippen LogP contribution in [0, 0.1) is 5.92 Å². The number of aromatic nitrogens is 4. The Morgan fingerprint density at radius 1 is 1.30 bits per heavy atom. The predicted molar refractivity (Wildman–Crippen MR) is 78.0 cm³/mol. The standard InChI is InChI=1S/C14H19ClN4O/c1-20-14-12-13(16-9-17-14)19(11(7-15)18-12)8-10-5-3-2-4-6-10/h9-10H,2-8H2,1H3. The minimum Gasteiger partial charge on any atom is -0.479 e. The zero-order chi connectivity index (χ0) is 13.9. The Hall–Kier alpha value is -1.36. The van der Waals surface area contributed by atoms with Crippen molar-refractivity contribution >= 4 is 22.8 Å². The van der Waals surface area contributed by atoms with Crippen molar-refractivity contribution in [1.29, 1.82) is 0 Å². The number of halogens is 1. The van der Waals surface area contributed by atoms with Crippen molar-refractivity contribution in [2.24, 2.45) is 5.92 Å². The van der Waals surface area contributed by atoms with Crippen LogP contribution in [0.4, 0.5) is 0 Å². The molecule has 0 aliphatic heterocycles. The Morgan fingerprint density at radius 2 is 2.10 bits per heavy atom. The van der Waals surface area contributed by atoms with Crippen LogP contribution in [0.15, 0.2) is 6.33 Å². The summed E-state index contributed by atoms with van der Waals surface area (Å²) >= 11 is 6.04. The average molecular weight is 295 g/mol. The van der Waals surface area contributed by atoms with E-state index in [9.17, 15) is 0 Å². The van der Waals surface area contributed by atoms with Crippen LogP contribution in [0.25, 0.3) is 11.2 Å². The lowest BCUT2D eigenvalue weighted by Gasteiger charge is -2.22. The highest BCUT2D eigenvalue weighted by Gasteiger charge is 2.20. The van der Waals surface area contributed by atoms with Gasteiger partial charge in [-0.25, -0.2) is 9.97 Å². The first-order chi connectivity index (χ1) is 9.83. The van der Waals surface area contributed by atoms with Gasteiger partial charge < -0.3 is 9.30 Å². The van der Waals surface area contributed by atoms with E-state index < -0.39 is 0 Å². The summed E-state index contributed by atoms with van der Waals surface area (Å²) in [5.41, 5.74) is 1.54. The molecule has 0 aromatic carbocycles. The molecule has 1 fully saturated rings. The Bertz CT molecular complexity index is 592. The second-order valence-corrected chi connectivity index (χ2v) is 5.60. The molecule has 0 atom stereocenters. The fraction of sp³-hybridized carbons (Fsp3) is 0.643. The molecule has 2 heterocycles. The van der Waals surface area contributed by atoms with Crippen molar-refractivity contribution in [2.45, 2.75) is 44.5 Å². The highest BCUT2D eigenvalue weighted by Crippen LogP contribution is 2.28. The molecule has 3 rings (SSSR count). The van der Waals surface area contributed by atoms with E-state index in [1.165, 1.54) is 38.4 Å². The van der Waals surface area contributed by atoms with Crippen LogP contribution in [-0.4, -0.2) is 26.6 Å². The van der Waals surface area contributed by atoms with E-state index in [0.29, 0.717) is 23.2 Å². The fourth-order valence-electron chi connectivity index (χ4n) is 3.03. The molecule has 0 N–H and O–H groups in total. The van der Waals surface area contributed by atoms with Gasteiger partial charge in [0.25, 0.3) is 0 Å². The molecule has 20 heavy (non-hydrogen) atoms. The van der Waals surface area contributed by atoms with Gasteiger partial charge in [0.2, 0.25) is 5.88 Å².